The van der Waals surface area contributed by atoms with Crippen LogP contribution in [0.4, 0.5) is 5.82 Å². The highest BCUT2D eigenvalue weighted by molar-refractivity contribution is 5.87. The van der Waals surface area contributed by atoms with Crippen molar-refractivity contribution in [3.8, 4) is 0 Å². The molecule has 1 N–H and O–H groups in total. The van der Waals surface area contributed by atoms with Crippen LogP contribution in [0.5, 0.6) is 0 Å². The van der Waals surface area contributed by atoms with E-state index >= 15 is 0 Å². The molecule has 0 aliphatic heterocycles. The molecule has 7 nitrogen and oxygen atoms in total. The first-order chi connectivity index (χ1) is 13.6. The van der Waals surface area contributed by atoms with E-state index < -0.39 is 0 Å². The maximum Gasteiger partial charge on any atom is 0.155 e. The number of rotatable bonds is 6. The molecule has 142 valence electrons. The number of nitrogens with zero attached hydrogens (tertiary/aromatic N) is 5. The SMILES string of the molecule is CC=Cc1nc(NCc2cc(C)on2)c2c(ccn2Cc2ncccc2C)n1. The summed E-state index contributed by atoms with van der Waals surface area (Å²) in [6.45, 7) is 7.07. The first-order valence-corrected chi connectivity index (χ1v) is 9.20. The van der Waals surface area contributed by atoms with Crippen LogP contribution in [0.15, 0.2) is 47.3 Å². The zero-order chi connectivity index (χ0) is 19.5. The molecule has 0 atom stereocenters. The van der Waals surface area contributed by atoms with Crippen LogP contribution in [-0.4, -0.2) is 24.7 Å². The van der Waals surface area contributed by atoms with E-state index in [4.69, 9.17) is 9.51 Å². The summed E-state index contributed by atoms with van der Waals surface area (Å²) in [5.41, 5.74) is 4.84. The lowest BCUT2D eigenvalue weighted by Crippen LogP contribution is -2.08. The molecule has 0 aliphatic carbocycles. The highest BCUT2D eigenvalue weighted by Gasteiger charge is 2.13. The minimum absolute atomic E-state index is 0.520. The summed E-state index contributed by atoms with van der Waals surface area (Å²) in [6, 6.07) is 7.94. The van der Waals surface area contributed by atoms with Gasteiger partial charge in [-0.3, -0.25) is 4.98 Å². The van der Waals surface area contributed by atoms with E-state index in [1.165, 1.54) is 0 Å². The number of pyridine rings is 1. The summed E-state index contributed by atoms with van der Waals surface area (Å²) in [5.74, 6) is 2.21. The fourth-order valence-corrected chi connectivity index (χ4v) is 3.12. The van der Waals surface area contributed by atoms with E-state index in [0.717, 1.165) is 39.6 Å². The average Bonchev–Trinajstić information content (AvgIpc) is 3.28. The van der Waals surface area contributed by atoms with E-state index in [1.807, 2.05) is 56.6 Å². The van der Waals surface area contributed by atoms with Gasteiger partial charge in [-0.15, -0.1) is 0 Å². The number of hydrogen-bond donors (Lipinski definition) is 1. The van der Waals surface area contributed by atoms with Gasteiger partial charge in [0.25, 0.3) is 0 Å². The van der Waals surface area contributed by atoms with Crippen LogP contribution in [0.25, 0.3) is 17.1 Å². The third kappa shape index (κ3) is 3.64. The van der Waals surface area contributed by atoms with Crippen LogP contribution in [0.1, 0.15) is 35.5 Å². The molecule has 4 aromatic heterocycles. The fourth-order valence-electron chi connectivity index (χ4n) is 3.12. The molecule has 4 aromatic rings. The molecular formula is C21H22N6O. The molecule has 0 bridgehead atoms. The Labute approximate surface area is 163 Å². The number of aryl methyl sites for hydroxylation is 2. The smallest absolute Gasteiger partial charge is 0.155 e. The van der Waals surface area contributed by atoms with Crippen LogP contribution >= 0.6 is 0 Å². The number of aromatic nitrogens is 5. The van der Waals surface area contributed by atoms with Crippen molar-refractivity contribution in [2.75, 3.05) is 5.32 Å². The second kappa shape index (κ2) is 7.64. The summed E-state index contributed by atoms with van der Waals surface area (Å²) < 4.78 is 7.28. The summed E-state index contributed by atoms with van der Waals surface area (Å²) in [4.78, 5) is 13.9. The molecule has 4 rings (SSSR count). The van der Waals surface area contributed by atoms with Crippen molar-refractivity contribution in [1.82, 2.24) is 24.7 Å². The summed E-state index contributed by atoms with van der Waals surface area (Å²) in [5, 5.41) is 7.44. The third-order valence-corrected chi connectivity index (χ3v) is 4.50. The third-order valence-electron chi connectivity index (χ3n) is 4.50. The maximum atomic E-state index is 5.16. The van der Waals surface area contributed by atoms with Gasteiger partial charge in [0, 0.05) is 18.5 Å². The van der Waals surface area contributed by atoms with E-state index in [2.05, 4.69) is 38.0 Å². The van der Waals surface area contributed by atoms with Gasteiger partial charge in [-0.1, -0.05) is 17.3 Å². The zero-order valence-corrected chi connectivity index (χ0v) is 16.2. The monoisotopic (exact) mass is 374 g/mol. The van der Waals surface area contributed by atoms with Crippen molar-refractivity contribution in [2.24, 2.45) is 0 Å². The van der Waals surface area contributed by atoms with Gasteiger partial charge in [0.2, 0.25) is 0 Å². The topological polar surface area (TPSA) is 81.7 Å². The minimum Gasteiger partial charge on any atom is -0.362 e. The van der Waals surface area contributed by atoms with Crippen molar-refractivity contribution < 1.29 is 4.52 Å². The normalized spacial score (nSPS) is 11.5. The molecule has 0 unspecified atom stereocenters. The average molecular weight is 374 g/mol. The first-order valence-electron chi connectivity index (χ1n) is 9.20. The Morgan fingerprint density at radius 3 is 2.86 bits per heavy atom. The maximum absolute atomic E-state index is 5.16. The number of fused-ring (bicyclic) bond motifs is 1. The van der Waals surface area contributed by atoms with Crippen molar-refractivity contribution in [3.63, 3.8) is 0 Å². The van der Waals surface area contributed by atoms with Crippen molar-refractivity contribution in [3.05, 3.63) is 71.3 Å². The van der Waals surface area contributed by atoms with Gasteiger partial charge in [-0.25, -0.2) is 9.97 Å². The first kappa shape index (κ1) is 17.9. The molecule has 0 saturated heterocycles. The molecule has 7 heteroatoms. The molecule has 0 spiro atoms. The minimum atomic E-state index is 0.520. The lowest BCUT2D eigenvalue weighted by Gasteiger charge is -2.12. The molecule has 0 radical (unpaired) electrons. The quantitative estimate of drug-likeness (QED) is 0.547. The van der Waals surface area contributed by atoms with Gasteiger partial charge < -0.3 is 14.4 Å². The number of nitrogens with one attached hydrogen (secondary N) is 1. The molecule has 0 aliphatic rings. The van der Waals surface area contributed by atoms with Crippen LogP contribution in [0, 0.1) is 13.8 Å². The van der Waals surface area contributed by atoms with Crippen molar-refractivity contribution in [2.45, 2.75) is 33.9 Å². The molecule has 4 heterocycles. The van der Waals surface area contributed by atoms with E-state index in [9.17, 15) is 0 Å². The molecule has 0 aromatic carbocycles. The van der Waals surface area contributed by atoms with E-state index in [-0.39, 0.29) is 0 Å². The van der Waals surface area contributed by atoms with Crippen LogP contribution in [0.3, 0.4) is 0 Å². The van der Waals surface area contributed by atoms with Gasteiger partial charge >= 0.3 is 0 Å². The molecular weight excluding hydrogens is 352 g/mol. The second-order valence-electron chi connectivity index (χ2n) is 6.66. The Balaban J connectivity index is 1.73. The highest BCUT2D eigenvalue weighted by Crippen LogP contribution is 2.24. The van der Waals surface area contributed by atoms with Gasteiger partial charge in [0.1, 0.15) is 17.0 Å². The lowest BCUT2D eigenvalue weighted by molar-refractivity contribution is 0.391. The van der Waals surface area contributed by atoms with E-state index in [1.54, 1.807) is 0 Å². The Bertz CT molecular complexity index is 1140. The molecule has 28 heavy (non-hydrogen) atoms. The highest BCUT2D eigenvalue weighted by atomic mass is 16.5. The Kier molecular flexibility index (Phi) is 4.89. The molecule has 0 saturated carbocycles. The Morgan fingerprint density at radius 1 is 1.21 bits per heavy atom. The summed E-state index contributed by atoms with van der Waals surface area (Å²) >= 11 is 0. The van der Waals surface area contributed by atoms with Crippen molar-refractivity contribution in [1.29, 1.82) is 0 Å². The largest absolute Gasteiger partial charge is 0.362 e. The standard InChI is InChI=1S/C21H22N6O/c1-4-6-19-24-17-8-10-27(13-18-14(2)7-5-9-22-18)20(17)21(25-19)23-12-16-11-15(3)28-26-16/h4-11H,12-13H2,1-3H3,(H,23,24,25). The number of allylic oxidation sites excluding steroid dienone is 1. The Hall–Kier alpha value is -3.48. The van der Waals surface area contributed by atoms with Crippen LogP contribution in [0.2, 0.25) is 0 Å². The number of anilines is 1. The fraction of sp³-hybridized carbons (Fsp3) is 0.238. The predicted octanol–water partition coefficient (Wildman–Crippen LogP) is 4.12. The molecule has 0 amide bonds. The van der Waals surface area contributed by atoms with Gasteiger partial charge in [0.05, 0.1) is 24.3 Å². The summed E-state index contributed by atoms with van der Waals surface area (Å²) in [7, 11) is 0. The zero-order valence-electron chi connectivity index (χ0n) is 16.2. The van der Waals surface area contributed by atoms with Crippen LogP contribution < -0.4 is 5.32 Å². The summed E-state index contributed by atoms with van der Waals surface area (Å²) in [6.07, 6.45) is 7.67. The van der Waals surface area contributed by atoms with Crippen molar-refractivity contribution >= 4 is 22.9 Å². The second-order valence-corrected chi connectivity index (χ2v) is 6.66. The number of hydrogen-bond acceptors (Lipinski definition) is 6. The molecule has 0 fully saturated rings. The van der Waals surface area contributed by atoms with E-state index in [0.29, 0.717) is 18.9 Å². The predicted molar refractivity (Wildman–Crippen MR) is 109 cm³/mol. The van der Waals surface area contributed by atoms with Gasteiger partial charge in [-0.05, 0) is 44.5 Å². The van der Waals surface area contributed by atoms with Gasteiger partial charge in [-0.2, -0.15) is 0 Å². The lowest BCUT2D eigenvalue weighted by atomic mass is 10.2. The Morgan fingerprint density at radius 2 is 2.11 bits per heavy atom. The van der Waals surface area contributed by atoms with Gasteiger partial charge in [0.15, 0.2) is 11.6 Å². The van der Waals surface area contributed by atoms with Crippen LogP contribution in [-0.2, 0) is 13.1 Å².